The number of nitriles is 1. The van der Waals surface area contributed by atoms with Crippen LogP contribution in [0.25, 0.3) is 10.9 Å². The topological polar surface area (TPSA) is 126 Å². The molecular formula is C26H18ClF2N9O. The van der Waals surface area contributed by atoms with Crippen LogP contribution >= 0.6 is 11.6 Å². The highest BCUT2D eigenvalue weighted by Gasteiger charge is 2.25. The molecule has 0 radical (unpaired) electrons. The number of anilines is 3. The first-order valence-corrected chi connectivity index (χ1v) is 12.1. The minimum absolute atomic E-state index is 0.130. The predicted molar refractivity (Wildman–Crippen MR) is 138 cm³/mol. The summed E-state index contributed by atoms with van der Waals surface area (Å²) in [5.74, 6) is -2.35. The Morgan fingerprint density at radius 1 is 1.13 bits per heavy atom. The van der Waals surface area contributed by atoms with Gasteiger partial charge in [0.2, 0.25) is 5.95 Å². The quantitative estimate of drug-likeness (QED) is 0.273. The van der Waals surface area contributed by atoms with Crippen molar-refractivity contribution in [2.24, 2.45) is 0 Å². The Balaban J connectivity index is 1.42. The fourth-order valence-corrected chi connectivity index (χ4v) is 4.48. The second kappa shape index (κ2) is 10.2. The van der Waals surface area contributed by atoms with E-state index in [4.69, 9.17) is 16.3 Å². The monoisotopic (exact) mass is 545 g/mol. The van der Waals surface area contributed by atoms with E-state index in [0.717, 1.165) is 17.8 Å². The van der Waals surface area contributed by atoms with E-state index < -0.39 is 17.8 Å². The summed E-state index contributed by atoms with van der Waals surface area (Å²) in [6, 6.07) is 9.92. The predicted octanol–water partition coefficient (Wildman–Crippen LogP) is 4.94. The lowest BCUT2D eigenvalue weighted by Crippen LogP contribution is -2.31. The van der Waals surface area contributed by atoms with Crippen molar-refractivity contribution in [1.29, 1.82) is 5.26 Å². The average Bonchev–Trinajstić information content (AvgIpc) is 3.38. The number of aromatic nitrogens is 6. The zero-order valence-corrected chi connectivity index (χ0v) is 20.8. The van der Waals surface area contributed by atoms with Crippen molar-refractivity contribution < 1.29 is 13.5 Å². The van der Waals surface area contributed by atoms with Crippen molar-refractivity contribution in [3.63, 3.8) is 0 Å². The summed E-state index contributed by atoms with van der Waals surface area (Å²) in [5, 5.41) is 25.6. The number of hydrogen-bond acceptors (Lipinski definition) is 9. The molecule has 5 heterocycles. The third-order valence-corrected chi connectivity index (χ3v) is 6.55. The van der Waals surface area contributed by atoms with Gasteiger partial charge >= 0.3 is 0 Å². The SMILES string of the molecule is N#Cc1cnc2c(Cl)cc(NC(c3cccnc3)c3cn(C4COC4)nn3)cc2c1Nc1cnc(F)c(F)c1. The summed E-state index contributed by atoms with van der Waals surface area (Å²) in [5.41, 5.74) is 3.13. The van der Waals surface area contributed by atoms with Crippen LogP contribution in [0.4, 0.5) is 25.8 Å². The van der Waals surface area contributed by atoms with Crippen LogP contribution in [0.1, 0.15) is 28.9 Å². The van der Waals surface area contributed by atoms with Crippen molar-refractivity contribution in [1.82, 2.24) is 29.9 Å². The molecule has 1 saturated heterocycles. The summed E-state index contributed by atoms with van der Waals surface area (Å²) in [6.07, 6.45) is 7.75. The molecule has 4 aromatic heterocycles. The summed E-state index contributed by atoms with van der Waals surface area (Å²) in [7, 11) is 0. The second-order valence-corrected chi connectivity index (χ2v) is 9.22. The van der Waals surface area contributed by atoms with Gasteiger partial charge in [-0.15, -0.1) is 5.10 Å². The van der Waals surface area contributed by atoms with Crippen LogP contribution in [-0.4, -0.2) is 43.2 Å². The van der Waals surface area contributed by atoms with Crippen LogP contribution in [-0.2, 0) is 4.74 Å². The van der Waals surface area contributed by atoms with Gasteiger partial charge in [-0.25, -0.2) is 14.1 Å². The van der Waals surface area contributed by atoms with Crippen LogP contribution < -0.4 is 10.6 Å². The number of nitrogens with one attached hydrogen (secondary N) is 2. The largest absolute Gasteiger partial charge is 0.377 e. The number of rotatable bonds is 7. The molecule has 13 heteroatoms. The standard InChI is InChI=1S/C26H18ClF2N9O/c27-20-5-16(34-24(14-2-1-3-31-8-14)22-11-38(37-36-22)18-12-39-13-18)4-19-23(15(7-30)9-32-25(19)20)35-17-6-21(28)26(29)33-10-17/h1-6,8-11,18,24,34H,12-13H2,(H,32,35). The van der Waals surface area contributed by atoms with Gasteiger partial charge in [-0.2, -0.15) is 9.65 Å². The second-order valence-electron chi connectivity index (χ2n) is 8.81. The molecule has 2 N–H and O–H groups in total. The highest BCUT2D eigenvalue weighted by Crippen LogP contribution is 2.36. The van der Waals surface area contributed by atoms with E-state index in [9.17, 15) is 14.0 Å². The normalized spacial score (nSPS) is 14.0. The molecule has 1 aliphatic rings. The van der Waals surface area contributed by atoms with Crippen LogP contribution in [0.3, 0.4) is 0 Å². The van der Waals surface area contributed by atoms with Crippen molar-refractivity contribution >= 4 is 39.6 Å². The Labute approximate surface area is 225 Å². The van der Waals surface area contributed by atoms with E-state index in [1.165, 1.54) is 6.20 Å². The van der Waals surface area contributed by atoms with E-state index >= 15 is 0 Å². The fourth-order valence-electron chi connectivity index (χ4n) is 4.21. The highest BCUT2D eigenvalue weighted by molar-refractivity contribution is 6.36. The lowest BCUT2D eigenvalue weighted by atomic mass is 10.0. The van der Waals surface area contributed by atoms with Crippen molar-refractivity contribution in [2.45, 2.75) is 12.1 Å². The number of pyridine rings is 3. The van der Waals surface area contributed by atoms with Gasteiger partial charge in [-0.3, -0.25) is 9.97 Å². The minimum atomic E-state index is -1.22. The van der Waals surface area contributed by atoms with Gasteiger partial charge in [0.05, 0.1) is 59.1 Å². The molecule has 0 bridgehead atoms. The van der Waals surface area contributed by atoms with E-state index in [2.05, 4.69) is 42.0 Å². The van der Waals surface area contributed by atoms with E-state index in [1.54, 1.807) is 29.2 Å². The summed E-state index contributed by atoms with van der Waals surface area (Å²) >= 11 is 6.63. The molecule has 1 fully saturated rings. The van der Waals surface area contributed by atoms with Crippen molar-refractivity contribution in [3.8, 4) is 6.07 Å². The number of benzene rings is 1. The summed E-state index contributed by atoms with van der Waals surface area (Å²) < 4.78 is 34.3. The number of fused-ring (bicyclic) bond motifs is 1. The maximum atomic E-state index is 13.8. The molecule has 0 saturated carbocycles. The molecule has 6 rings (SSSR count). The third-order valence-electron chi connectivity index (χ3n) is 6.26. The van der Waals surface area contributed by atoms with Gasteiger partial charge in [0.1, 0.15) is 17.8 Å². The minimum Gasteiger partial charge on any atom is -0.377 e. The highest BCUT2D eigenvalue weighted by atomic mass is 35.5. The zero-order chi connectivity index (χ0) is 26.9. The van der Waals surface area contributed by atoms with Crippen molar-refractivity contribution in [3.05, 3.63) is 94.9 Å². The molecule has 1 aliphatic heterocycles. The third kappa shape index (κ3) is 4.81. The molecule has 1 unspecified atom stereocenters. The van der Waals surface area contributed by atoms with Gasteiger partial charge in [-0.05, 0) is 23.8 Å². The molecule has 39 heavy (non-hydrogen) atoms. The average molecular weight is 546 g/mol. The van der Waals surface area contributed by atoms with Crippen LogP contribution in [0.15, 0.2) is 61.3 Å². The summed E-state index contributed by atoms with van der Waals surface area (Å²) in [6.45, 7) is 1.15. The Morgan fingerprint density at radius 3 is 2.72 bits per heavy atom. The zero-order valence-electron chi connectivity index (χ0n) is 20.0. The number of hydrogen-bond donors (Lipinski definition) is 2. The summed E-state index contributed by atoms with van der Waals surface area (Å²) in [4.78, 5) is 12.0. The van der Waals surface area contributed by atoms with E-state index in [-0.39, 0.29) is 17.3 Å². The first-order chi connectivity index (χ1) is 19.0. The molecule has 0 amide bonds. The van der Waals surface area contributed by atoms with Crippen LogP contribution in [0.2, 0.25) is 5.02 Å². The Hall–Kier alpha value is -4.73. The molecule has 0 aliphatic carbocycles. The molecule has 10 nitrogen and oxygen atoms in total. The number of nitrogens with zero attached hydrogens (tertiary/aromatic N) is 7. The molecule has 1 atom stereocenters. The van der Waals surface area contributed by atoms with Gasteiger partial charge in [0, 0.05) is 35.7 Å². The molecule has 5 aromatic rings. The molecule has 0 spiro atoms. The molecular weight excluding hydrogens is 528 g/mol. The molecule has 194 valence electrons. The lowest BCUT2D eigenvalue weighted by molar-refractivity contribution is -0.0293. The Kier molecular flexibility index (Phi) is 6.44. The van der Waals surface area contributed by atoms with Gasteiger partial charge in [-0.1, -0.05) is 22.9 Å². The van der Waals surface area contributed by atoms with Crippen LogP contribution in [0.5, 0.6) is 0 Å². The fraction of sp³-hybridized carbons (Fsp3) is 0.154. The number of halogens is 3. The first-order valence-electron chi connectivity index (χ1n) is 11.8. The Bertz CT molecular complexity index is 1720. The van der Waals surface area contributed by atoms with Gasteiger partial charge < -0.3 is 15.4 Å². The Morgan fingerprint density at radius 2 is 2.00 bits per heavy atom. The van der Waals surface area contributed by atoms with E-state index in [0.29, 0.717) is 46.2 Å². The number of ether oxygens (including phenoxy) is 1. The van der Waals surface area contributed by atoms with Gasteiger partial charge in [0.25, 0.3) is 0 Å². The lowest BCUT2D eigenvalue weighted by Gasteiger charge is -2.25. The molecule has 1 aromatic carbocycles. The van der Waals surface area contributed by atoms with E-state index in [1.807, 2.05) is 18.3 Å². The smallest absolute Gasteiger partial charge is 0.249 e. The maximum Gasteiger partial charge on any atom is 0.249 e. The first kappa shape index (κ1) is 24.6. The van der Waals surface area contributed by atoms with Crippen LogP contribution in [0, 0.1) is 23.1 Å². The maximum absolute atomic E-state index is 13.8. The van der Waals surface area contributed by atoms with Gasteiger partial charge in [0.15, 0.2) is 5.82 Å². The van der Waals surface area contributed by atoms with Crippen molar-refractivity contribution in [2.75, 3.05) is 23.8 Å².